The molecule has 0 bridgehead atoms. The van der Waals surface area contributed by atoms with Gasteiger partial charge in [0.25, 0.3) is 0 Å². The number of hydrogen-bond donors (Lipinski definition) is 2. The van der Waals surface area contributed by atoms with E-state index in [0.29, 0.717) is 13.0 Å². The Bertz CT molecular complexity index is 355. The highest BCUT2D eigenvalue weighted by Crippen LogP contribution is 1.91. The van der Waals surface area contributed by atoms with E-state index in [1.165, 1.54) is 0 Å². The van der Waals surface area contributed by atoms with Crippen LogP contribution in [0, 0.1) is 0 Å². The molecular formula is C12H23Cl2N5O. The van der Waals surface area contributed by atoms with Gasteiger partial charge in [-0.2, -0.15) is 5.10 Å². The van der Waals surface area contributed by atoms with Crippen LogP contribution in [0.4, 0.5) is 0 Å². The summed E-state index contributed by atoms with van der Waals surface area (Å²) in [5.41, 5.74) is 0. The van der Waals surface area contributed by atoms with Gasteiger partial charge in [0.2, 0.25) is 5.91 Å². The van der Waals surface area contributed by atoms with Gasteiger partial charge in [-0.25, -0.2) is 0 Å². The Morgan fingerprint density at radius 3 is 2.65 bits per heavy atom. The molecule has 0 atom stereocenters. The zero-order valence-corrected chi connectivity index (χ0v) is 13.1. The first kappa shape index (κ1) is 19.2. The average molecular weight is 324 g/mol. The molecule has 1 aliphatic heterocycles. The number of hydrogen-bond acceptors (Lipinski definition) is 4. The number of piperazine rings is 1. The molecule has 0 aromatic carbocycles. The van der Waals surface area contributed by atoms with Crippen LogP contribution in [0.15, 0.2) is 18.5 Å². The van der Waals surface area contributed by atoms with Gasteiger partial charge in [0.1, 0.15) is 0 Å². The topological polar surface area (TPSA) is 62.2 Å². The van der Waals surface area contributed by atoms with Crippen LogP contribution in [0.25, 0.3) is 0 Å². The van der Waals surface area contributed by atoms with E-state index in [2.05, 4.69) is 20.6 Å². The van der Waals surface area contributed by atoms with Crippen molar-refractivity contribution in [3.63, 3.8) is 0 Å². The molecular weight excluding hydrogens is 301 g/mol. The summed E-state index contributed by atoms with van der Waals surface area (Å²) < 4.78 is 1.77. The van der Waals surface area contributed by atoms with E-state index in [4.69, 9.17) is 0 Å². The van der Waals surface area contributed by atoms with Gasteiger partial charge in [-0.05, 0) is 6.07 Å². The zero-order valence-electron chi connectivity index (χ0n) is 11.5. The summed E-state index contributed by atoms with van der Waals surface area (Å²) in [5.74, 6) is 0.0978. The highest BCUT2D eigenvalue weighted by molar-refractivity contribution is 5.85. The first-order chi connectivity index (χ1) is 8.84. The Morgan fingerprint density at radius 1 is 1.25 bits per heavy atom. The average Bonchev–Trinajstić information content (AvgIpc) is 2.91. The third-order valence-electron chi connectivity index (χ3n) is 3.09. The summed E-state index contributed by atoms with van der Waals surface area (Å²) >= 11 is 0. The third kappa shape index (κ3) is 7.09. The minimum absolute atomic E-state index is 0. The number of nitrogens with one attached hydrogen (secondary N) is 2. The van der Waals surface area contributed by atoms with Crippen LogP contribution in [-0.4, -0.2) is 59.9 Å². The Labute approximate surface area is 132 Å². The van der Waals surface area contributed by atoms with Gasteiger partial charge >= 0.3 is 0 Å². The molecule has 116 valence electrons. The van der Waals surface area contributed by atoms with Crippen LogP contribution < -0.4 is 10.6 Å². The SMILES string of the molecule is Cl.Cl.O=C(CCn1cccn1)NCCN1CCNCC1. The van der Waals surface area contributed by atoms with E-state index in [9.17, 15) is 4.79 Å². The van der Waals surface area contributed by atoms with Crippen LogP contribution in [0.3, 0.4) is 0 Å². The Balaban J connectivity index is 0.00000180. The lowest BCUT2D eigenvalue weighted by Crippen LogP contribution is -2.46. The van der Waals surface area contributed by atoms with Gasteiger partial charge in [-0.3, -0.25) is 14.4 Å². The fourth-order valence-electron chi connectivity index (χ4n) is 2.03. The van der Waals surface area contributed by atoms with Gasteiger partial charge in [-0.1, -0.05) is 0 Å². The van der Waals surface area contributed by atoms with E-state index < -0.39 is 0 Å². The maximum atomic E-state index is 11.6. The maximum absolute atomic E-state index is 11.6. The van der Waals surface area contributed by atoms with E-state index in [1.807, 2.05) is 12.3 Å². The second kappa shape index (κ2) is 10.9. The van der Waals surface area contributed by atoms with Crippen molar-refractivity contribution in [3.05, 3.63) is 18.5 Å². The molecule has 2 rings (SSSR count). The fraction of sp³-hybridized carbons (Fsp3) is 0.667. The minimum Gasteiger partial charge on any atom is -0.355 e. The lowest BCUT2D eigenvalue weighted by molar-refractivity contribution is -0.121. The normalized spacial score (nSPS) is 15.0. The lowest BCUT2D eigenvalue weighted by atomic mass is 10.3. The molecule has 1 aromatic rings. The zero-order chi connectivity index (χ0) is 12.6. The monoisotopic (exact) mass is 323 g/mol. The quantitative estimate of drug-likeness (QED) is 0.781. The molecule has 8 heteroatoms. The minimum atomic E-state index is 0. The Hall–Kier alpha value is -0.820. The van der Waals surface area contributed by atoms with Gasteiger partial charge in [0, 0.05) is 64.6 Å². The molecule has 20 heavy (non-hydrogen) atoms. The third-order valence-corrected chi connectivity index (χ3v) is 3.09. The predicted molar refractivity (Wildman–Crippen MR) is 83.7 cm³/mol. The smallest absolute Gasteiger partial charge is 0.221 e. The lowest BCUT2D eigenvalue weighted by Gasteiger charge is -2.27. The van der Waals surface area contributed by atoms with Crippen LogP contribution >= 0.6 is 24.8 Å². The summed E-state index contributed by atoms with van der Waals surface area (Å²) in [4.78, 5) is 14.0. The number of aromatic nitrogens is 2. The molecule has 0 aliphatic carbocycles. The van der Waals surface area contributed by atoms with Crippen molar-refractivity contribution in [2.45, 2.75) is 13.0 Å². The molecule has 6 nitrogen and oxygen atoms in total. The summed E-state index contributed by atoms with van der Waals surface area (Å²) in [6.45, 7) is 6.56. The van der Waals surface area contributed by atoms with E-state index >= 15 is 0 Å². The molecule has 1 aromatic heterocycles. The van der Waals surface area contributed by atoms with E-state index in [0.717, 1.165) is 39.3 Å². The summed E-state index contributed by atoms with van der Waals surface area (Å²) in [7, 11) is 0. The largest absolute Gasteiger partial charge is 0.355 e. The highest BCUT2D eigenvalue weighted by Gasteiger charge is 2.09. The predicted octanol–water partition coefficient (Wildman–Crippen LogP) is 0.138. The molecule has 0 saturated carbocycles. The van der Waals surface area contributed by atoms with Crippen molar-refractivity contribution in [2.24, 2.45) is 0 Å². The van der Waals surface area contributed by atoms with Crippen LogP contribution in [0.1, 0.15) is 6.42 Å². The second-order valence-electron chi connectivity index (χ2n) is 4.46. The first-order valence-electron chi connectivity index (χ1n) is 6.52. The van der Waals surface area contributed by atoms with E-state index in [-0.39, 0.29) is 30.7 Å². The van der Waals surface area contributed by atoms with Crippen molar-refractivity contribution in [3.8, 4) is 0 Å². The summed E-state index contributed by atoms with van der Waals surface area (Å²) in [5, 5.41) is 10.3. The van der Waals surface area contributed by atoms with E-state index in [1.54, 1.807) is 10.9 Å². The fourth-order valence-corrected chi connectivity index (χ4v) is 2.03. The molecule has 2 N–H and O–H groups in total. The Morgan fingerprint density at radius 2 is 2.00 bits per heavy atom. The molecule has 0 unspecified atom stereocenters. The number of rotatable bonds is 6. The van der Waals surface area contributed by atoms with Crippen LogP contribution in [0.5, 0.6) is 0 Å². The summed E-state index contributed by atoms with van der Waals surface area (Å²) in [6.07, 6.45) is 4.08. The number of aryl methyl sites for hydroxylation is 1. The van der Waals surface area contributed by atoms with Crippen molar-refractivity contribution < 1.29 is 4.79 Å². The van der Waals surface area contributed by atoms with Gasteiger partial charge in [-0.15, -0.1) is 24.8 Å². The molecule has 1 amide bonds. The van der Waals surface area contributed by atoms with Crippen molar-refractivity contribution in [1.29, 1.82) is 0 Å². The molecule has 0 spiro atoms. The highest BCUT2D eigenvalue weighted by atomic mass is 35.5. The first-order valence-corrected chi connectivity index (χ1v) is 6.52. The van der Waals surface area contributed by atoms with Crippen LogP contribution in [-0.2, 0) is 11.3 Å². The molecule has 2 heterocycles. The maximum Gasteiger partial charge on any atom is 0.221 e. The van der Waals surface area contributed by atoms with Crippen molar-refractivity contribution in [2.75, 3.05) is 39.3 Å². The number of halogens is 2. The second-order valence-corrected chi connectivity index (χ2v) is 4.46. The van der Waals surface area contributed by atoms with Gasteiger partial charge in [0.15, 0.2) is 0 Å². The van der Waals surface area contributed by atoms with Crippen molar-refractivity contribution in [1.82, 2.24) is 25.3 Å². The number of amides is 1. The molecule has 1 saturated heterocycles. The summed E-state index contributed by atoms with van der Waals surface area (Å²) in [6, 6.07) is 1.86. The standard InChI is InChI=1S/C12H21N5O.2ClH/c18-12(2-8-17-7-1-3-15-17)14-6-11-16-9-4-13-5-10-16;;/h1,3,7,13H,2,4-6,8-11H2,(H,14,18);2*1H. The molecule has 1 aliphatic rings. The van der Waals surface area contributed by atoms with Gasteiger partial charge < -0.3 is 10.6 Å². The number of carbonyl (C=O) groups excluding carboxylic acids is 1. The van der Waals surface area contributed by atoms with Crippen LogP contribution in [0.2, 0.25) is 0 Å². The number of nitrogens with zero attached hydrogens (tertiary/aromatic N) is 3. The van der Waals surface area contributed by atoms with Crippen molar-refractivity contribution >= 4 is 30.7 Å². The number of carbonyl (C=O) groups is 1. The molecule has 0 radical (unpaired) electrons. The molecule has 1 fully saturated rings. The Kier molecular flexibility index (Phi) is 10.5. The van der Waals surface area contributed by atoms with Gasteiger partial charge in [0.05, 0.1) is 0 Å².